The molecule has 2 aliphatic rings. The van der Waals surface area contributed by atoms with Crippen LogP contribution in [0.15, 0.2) is 46.6 Å². The molecule has 1 fully saturated rings. The van der Waals surface area contributed by atoms with Gasteiger partial charge in [-0.15, -0.1) is 10.2 Å². The molecule has 1 saturated heterocycles. The van der Waals surface area contributed by atoms with E-state index in [0.717, 1.165) is 43.0 Å². The number of nitrogens with two attached hydrogens (primary N) is 2. The van der Waals surface area contributed by atoms with Crippen molar-refractivity contribution in [2.75, 3.05) is 30.8 Å². The molecule has 166 valence electrons. The molecule has 4 N–H and O–H groups in total. The van der Waals surface area contributed by atoms with Gasteiger partial charge in [0.15, 0.2) is 0 Å². The van der Waals surface area contributed by atoms with E-state index in [2.05, 4.69) is 37.2 Å². The van der Waals surface area contributed by atoms with Crippen LogP contribution in [0.5, 0.6) is 5.75 Å². The van der Waals surface area contributed by atoms with Crippen molar-refractivity contribution in [2.24, 2.45) is 11.1 Å². The lowest BCUT2D eigenvalue weighted by Crippen LogP contribution is -2.45. The average Bonchev–Trinajstić information content (AvgIpc) is 3.08. The Labute approximate surface area is 195 Å². The van der Waals surface area contributed by atoms with Crippen LogP contribution in [0, 0.1) is 5.41 Å². The number of hydrogen-bond donors (Lipinski definition) is 2. The number of hydrogen-bond acceptors (Lipinski definition) is 9. The zero-order chi connectivity index (χ0) is 22.3. The maximum absolute atomic E-state index is 6.74. The Morgan fingerprint density at radius 2 is 2.00 bits per heavy atom. The quantitative estimate of drug-likeness (QED) is 0.591. The summed E-state index contributed by atoms with van der Waals surface area (Å²) in [5.41, 5.74) is 15.1. The second-order valence-corrected chi connectivity index (χ2v) is 9.72. The molecule has 1 aliphatic carbocycles. The molecule has 1 aliphatic heterocycles. The number of nitrogens with zero attached hydrogens (tertiary/aromatic N) is 5. The predicted molar refractivity (Wildman–Crippen MR) is 125 cm³/mol. The molecular weight excluding hydrogens is 446 g/mol. The second kappa shape index (κ2) is 8.38. The van der Waals surface area contributed by atoms with Crippen molar-refractivity contribution in [3.8, 4) is 5.75 Å². The molecule has 1 atom stereocenters. The highest BCUT2D eigenvalue weighted by Crippen LogP contribution is 2.51. The van der Waals surface area contributed by atoms with Gasteiger partial charge in [0.05, 0.1) is 18.3 Å². The number of benzene rings is 1. The molecule has 32 heavy (non-hydrogen) atoms. The van der Waals surface area contributed by atoms with E-state index in [1.165, 1.54) is 22.9 Å². The SMILES string of the molecule is COc1ccc2c(c1)[C@@H](N)C1(CCN(c3ncc(Sc4ccnc(N)c4Cl)nn3)CC1)C2. The van der Waals surface area contributed by atoms with Crippen molar-refractivity contribution >= 4 is 35.1 Å². The topological polar surface area (TPSA) is 116 Å². The number of fused-ring (bicyclic) bond motifs is 1. The molecule has 5 rings (SSSR count). The fraction of sp³-hybridized carbons (Fsp3) is 0.364. The number of pyridine rings is 1. The van der Waals surface area contributed by atoms with Crippen molar-refractivity contribution in [1.82, 2.24) is 20.2 Å². The van der Waals surface area contributed by atoms with E-state index >= 15 is 0 Å². The first-order valence-corrected chi connectivity index (χ1v) is 11.6. The van der Waals surface area contributed by atoms with E-state index in [1.807, 2.05) is 6.07 Å². The molecule has 3 heterocycles. The highest BCUT2D eigenvalue weighted by Gasteiger charge is 2.46. The minimum Gasteiger partial charge on any atom is -0.497 e. The van der Waals surface area contributed by atoms with Crippen LogP contribution in [0.4, 0.5) is 11.8 Å². The number of aromatic nitrogens is 4. The van der Waals surface area contributed by atoms with E-state index < -0.39 is 0 Å². The lowest BCUT2D eigenvalue weighted by molar-refractivity contribution is 0.186. The fourth-order valence-corrected chi connectivity index (χ4v) is 5.66. The van der Waals surface area contributed by atoms with Crippen LogP contribution < -0.4 is 21.1 Å². The molecule has 8 nitrogen and oxygen atoms in total. The van der Waals surface area contributed by atoms with Gasteiger partial charge in [0.1, 0.15) is 16.6 Å². The van der Waals surface area contributed by atoms with Gasteiger partial charge in [-0.05, 0) is 54.0 Å². The van der Waals surface area contributed by atoms with E-state index in [1.54, 1.807) is 25.6 Å². The summed E-state index contributed by atoms with van der Waals surface area (Å²) in [5, 5.41) is 9.74. The third kappa shape index (κ3) is 3.74. The van der Waals surface area contributed by atoms with Gasteiger partial charge in [0.2, 0.25) is 5.95 Å². The monoisotopic (exact) mass is 469 g/mol. The molecule has 2 aromatic heterocycles. The van der Waals surface area contributed by atoms with Crippen molar-refractivity contribution < 1.29 is 4.74 Å². The van der Waals surface area contributed by atoms with Crippen LogP contribution in [0.3, 0.4) is 0 Å². The maximum Gasteiger partial charge on any atom is 0.245 e. The van der Waals surface area contributed by atoms with Crippen LogP contribution >= 0.6 is 23.4 Å². The normalized spacial score (nSPS) is 19.2. The average molecular weight is 470 g/mol. The fourth-order valence-electron chi connectivity index (χ4n) is 4.69. The standard InChI is InChI=1S/C22H24ClN7OS/c1-31-14-3-2-13-11-22(19(24)15(13)10-14)5-8-30(9-6-22)21-27-12-17(28-29-21)32-16-4-7-26-20(25)18(16)23/h2-4,7,10,12,19H,5-6,8-9,11,24H2,1H3,(H2,25,26)/t19-/m1/s1. The molecule has 1 spiro atoms. The lowest BCUT2D eigenvalue weighted by Gasteiger charge is -2.42. The molecule has 0 saturated carbocycles. The minimum atomic E-state index is 0.0186. The van der Waals surface area contributed by atoms with Gasteiger partial charge in [-0.25, -0.2) is 9.97 Å². The summed E-state index contributed by atoms with van der Waals surface area (Å²) in [6.45, 7) is 1.69. The zero-order valence-electron chi connectivity index (χ0n) is 17.7. The van der Waals surface area contributed by atoms with Gasteiger partial charge in [-0.2, -0.15) is 0 Å². The number of piperidine rings is 1. The van der Waals surface area contributed by atoms with Crippen LogP contribution in [-0.2, 0) is 6.42 Å². The first-order chi connectivity index (χ1) is 15.5. The van der Waals surface area contributed by atoms with E-state index in [-0.39, 0.29) is 11.5 Å². The van der Waals surface area contributed by atoms with Gasteiger partial charge in [-0.1, -0.05) is 29.4 Å². The first kappa shape index (κ1) is 21.2. The molecule has 10 heteroatoms. The van der Waals surface area contributed by atoms with Crippen molar-refractivity contribution in [1.29, 1.82) is 0 Å². The third-order valence-corrected chi connectivity index (χ3v) is 8.02. The minimum absolute atomic E-state index is 0.0186. The highest BCUT2D eigenvalue weighted by molar-refractivity contribution is 7.99. The predicted octanol–water partition coefficient (Wildman–Crippen LogP) is 3.50. The third-order valence-electron chi connectivity index (χ3n) is 6.56. The summed E-state index contributed by atoms with van der Waals surface area (Å²) in [6, 6.07) is 8.08. The van der Waals surface area contributed by atoms with Crippen LogP contribution in [0.2, 0.25) is 5.02 Å². The molecular formula is C22H24ClN7OS. The summed E-state index contributed by atoms with van der Waals surface area (Å²) < 4.78 is 5.39. The Bertz CT molecular complexity index is 1140. The largest absolute Gasteiger partial charge is 0.497 e. The van der Waals surface area contributed by atoms with Crippen LogP contribution in [-0.4, -0.2) is 40.4 Å². The van der Waals surface area contributed by atoms with Gasteiger partial charge in [0.25, 0.3) is 0 Å². The number of anilines is 2. The van der Waals surface area contributed by atoms with Gasteiger partial charge < -0.3 is 21.1 Å². The van der Waals surface area contributed by atoms with Crippen LogP contribution in [0.1, 0.15) is 30.0 Å². The van der Waals surface area contributed by atoms with Crippen molar-refractivity contribution in [3.63, 3.8) is 0 Å². The Morgan fingerprint density at radius 1 is 1.19 bits per heavy atom. The van der Waals surface area contributed by atoms with E-state index in [9.17, 15) is 0 Å². The Hall–Kier alpha value is -2.62. The molecule has 0 unspecified atom stereocenters. The number of methoxy groups -OCH3 is 1. The summed E-state index contributed by atoms with van der Waals surface area (Å²) >= 11 is 7.58. The molecule has 0 bridgehead atoms. The van der Waals surface area contributed by atoms with Crippen LogP contribution in [0.25, 0.3) is 0 Å². The van der Waals surface area contributed by atoms with E-state index in [0.29, 0.717) is 21.8 Å². The molecule has 1 aromatic carbocycles. The van der Waals surface area contributed by atoms with Gasteiger partial charge >= 0.3 is 0 Å². The highest BCUT2D eigenvalue weighted by atomic mass is 35.5. The van der Waals surface area contributed by atoms with Crippen molar-refractivity contribution in [3.05, 3.63) is 52.8 Å². The summed E-state index contributed by atoms with van der Waals surface area (Å²) in [5.74, 6) is 1.79. The number of halogens is 1. The summed E-state index contributed by atoms with van der Waals surface area (Å²) in [4.78, 5) is 11.5. The first-order valence-electron chi connectivity index (χ1n) is 10.4. The second-order valence-electron chi connectivity index (χ2n) is 8.28. The summed E-state index contributed by atoms with van der Waals surface area (Å²) in [6.07, 6.45) is 6.30. The Morgan fingerprint density at radius 3 is 2.72 bits per heavy atom. The number of rotatable bonds is 4. The number of nitrogen functional groups attached to an aromatic ring is 1. The van der Waals surface area contributed by atoms with Gasteiger partial charge in [-0.3, -0.25) is 0 Å². The lowest BCUT2D eigenvalue weighted by atomic mass is 9.73. The smallest absolute Gasteiger partial charge is 0.245 e. The molecule has 0 amide bonds. The maximum atomic E-state index is 6.74. The van der Waals surface area contributed by atoms with Gasteiger partial charge in [0, 0.05) is 30.2 Å². The summed E-state index contributed by atoms with van der Waals surface area (Å²) in [7, 11) is 1.69. The van der Waals surface area contributed by atoms with E-state index in [4.69, 9.17) is 27.8 Å². The number of ether oxygens (including phenoxy) is 1. The molecule has 3 aromatic rings. The van der Waals surface area contributed by atoms with Crippen molar-refractivity contribution in [2.45, 2.75) is 35.2 Å². The Balaban J connectivity index is 1.25. The Kier molecular flexibility index (Phi) is 5.56. The molecule has 0 radical (unpaired) electrons. The zero-order valence-corrected chi connectivity index (χ0v) is 19.2.